The van der Waals surface area contributed by atoms with Gasteiger partial charge in [0.15, 0.2) is 6.29 Å². The summed E-state index contributed by atoms with van der Waals surface area (Å²) in [6.07, 6.45) is -5.53. The molecule has 0 aliphatic heterocycles. The molecule has 0 amide bonds. The van der Waals surface area contributed by atoms with Crippen molar-refractivity contribution >= 4 is 6.29 Å². The van der Waals surface area contributed by atoms with Gasteiger partial charge in [-0.3, -0.25) is 0 Å². The molecule has 6 heteroatoms. The van der Waals surface area contributed by atoms with Crippen molar-refractivity contribution in [3.05, 3.63) is 0 Å². The van der Waals surface area contributed by atoms with E-state index in [9.17, 15) is 9.90 Å². The van der Waals surface area contributed by atoms with Crippen molar-refractivity contribution < 1.29 is 30.0 Å². The Kier molecular flexibility index (Phi) is 5.76. The first-order valence-electron chi connectivity index (χ1n) is 3.71. The first kappa shape index (κ1) is 12.5. The number of aldehydes is 1. The second-order valence-corrected chi connectivity index (χ2v) is 2.57. The van der Waals surface area contributed by atoms with Gasteiger partial charge >= 0.3 is 0 Å². The first-order valence-corrected chi connectivity index (χ1v) is 3.71. The fourth-order valence-corrected chi connectivity index (χ4v) is 0.885. The van der Waals surface area contributed by atoms with Gasteiger partial charge in [-0.15, -0.1) is 0 Å². The minimum atomic E-state index is -1.53. The lowest BCUT2D eigenvalue weighted by molar-refractivity contribution is -0.143. The Labute approximate surface area is 75.4 Å². The predicted octanol–water partition coefficient (Wildman–Crippen LogP) is -2.72. The summed E-state index contributed by atoms with van der Waals surface area (Å²) in [5, 5.41) is 35.6. The maximum Gasteiger partial charge on any atom is 0.151 e. The van der Waals surface area contributed by atoms with Gasteiger partial charge in [-0.25, -0.2) is 0 Å². The summed E-state index contributed by atoms with van der Waals surface area (Å²) in [6, 6.07) is 0. The molecule has 0 aliphatic rings. The molecular formula is C7H14O6. The van der Waals surface area contributed by atoms with E-state index in [0.29, 0.717) is 0 Å². The number of hydrogen-bond acceptors (Lipinski definition) is 6. The highest BCUT2D eigenvalue weighted by Gasteiger charge is 2.31. The van der Waals surface area contributed by atoms with Crippen LogP contribution < -0.4 is 0 Å². The smallest absolute Gasteiger partial charge is 0.151 e. The molecular weight excluding hydrogens is 180 g/mol. The summed E-state index contributed by atoms with van der Waals surface area (Å²) in [5.41, 5.74) is 0. The number of aliphatic hydroxyl groups excluding tert-OH is 4. The van der Waals surface area contributed by atoms with Crippen molar-refractivity contribution in [2.75, 3.05) is 13.7 Å². The number of rotatable bonds is 6. The number of carbonyl (C=O) groups excluding carboxylic acids is 1. The summed E-state index contributed by atoms with van der Waals surface area (Å²) in [5.74, 6) is 0. The van der Waals surface area contributed by atoms with Crippen LogP contribution in [-0.4, -0.2) is 64.8 Å². The van der Waals surface area contributed by atoms with Crippen molar-refractivity contribution in [1.82, 2.24) is 0 Å². The van der Waals surface area contributed by atoms with Gasteiger partial charge in [0, 0.05) is 7.11 Å². The molecule has 6 nitrogen and oxygen atoms in total. The third-order valence-corrected chi connectivity index (χ3v) is 1.67. The number of hydrogen-bond donors (Lipinski definition) is 4. The lowest BCUT2D eigenvalue weighted by Gasteiger charge is -2.25. The fraction of sp³-hybridized carbons (Fsp3) is 0.857. The molecule has 0 aliphatic carbocycles. The maximum atomic E-state index is 10.1. The van der Waals surface area contributed by atoms with Crippen molar-refractivity contribution in [1.29, 1.82) is 0 Å². The van der Waals surface area contributed by atoms with Crippen molar-refractivity contribution in [3.63, 3.8) is 0 Å². The van der Waals surface area contributed by atoms with Crippen LogP contribution in [0.25, 0.3) is 0 Å². The summed E-state index contributed by atoms with van der Waals surface area (Å²) >= 11 is 0. The maximum absolute atomic E-state index is 10.1. The van der Waals surface area contributed by atoms with Gasteiger partial charge in [-0.2, -0.15) is 0 Å². The average Bonchev–Trinajstić information content (AvgIpc) is 2.17. The Morgan fingerprint density at radius 2 is 1.92 bits per heavy atom. The Morgan fingerprint density at radius 1 is 1.38 bits per heavy atom. The summed E-state index contributed by atoms with van der Waals surface area (Å²) < 4.78 is 4.59. The van der Waals surface area contributed by atoms with Crippen LogP contribution in [0.4, 0.5) is 0 Å². The van der Waals surface area contributed by atoms with Crippen LogP contribution in [0.1, 0.15) is 0 Å². The van der Waals surface area contributed by atoms with E-state index < -0.39 is 31.0 Å². The molecule has 78 valence electrons. The van der Waals surface area contributed by atoms with Crippen LogP contribution in [0, 0.1) is 0 Å². The zero-order chi connectivity index (χ0) is 10.4. The molecule has 0 spiro atoms. The minimum Gasteiger partial charge on any atom is -0.394 e. The molecule has 13 heavy (non-hydrogen) atoms. The van der Waals surface area contributed by atoms with E-state index in [2.05, 4.69) is 4.74 Å². The standard InChI is InChI=1S/C7H14O6/c1-13-7(5(11)3-9)6(12)4(10)2-8/h3-8,10-12H,2H2,1H3/t4?,5-,6+,7+/m0/s1. The first-order chi connectivity index (χ1) is 6.08. The van der Waals surface area contributed by atoms with Gasteiger partial charge in [-0.1, -0.05) is 0 Å². The number of carbonyl (C=O) groups is 1. The Morgan fingerprint density at radius 3 is 2.23 bits per heavy atom. The molecule has 4 atom stereocenters. The summed E-state index contributed by atoms with van der Waals surface area (Å²) in [4.78, 5) is 10.1. The van der Waals surface area contributed by atoms with Crippen molar-refractivity contribution in [3.8, 4) is 0 Å². The van der Waals surface area contributed by atoms with E-state index in [1.807, 2.05) is 0 Å². The van der Waals surface area contributed by atoms with E-state index in [1.165, 1.54) is 7.11 Å². The van der Waals surface area contributed by atoms with Crippen LogP contribution >= 0.6 is 0 Å². The Balaban J connectivity index is 4.29. The molecule has 4 N–H and O–H groups in total. The molecule has 0 saturated carbocycles. The molecule has 0 saturated heterocycles. The third-order valence-electron chi connectivity index (χ3n) is 1.67. The monoisotopic (exact) mass is 194 g/mol. The second kappa shape index (κ2) is 6.01. The molecule has 1 unspecified atom stereocenters. The second-order valence-electron chi connectivity index (χ2n) is 2.57. The minimum absolute atomic E-state index is 0.182. The third kappa shape index (κ3) is 3.37. The molecule has 0 bridgehead atoms. The highest BCUT2D eigenvalue weighted by Crippen LogP contribution is 2.07. The summed E-state index contributed by atoms with van der Waals surface area (Å²) in [6.45, 7) is -0.674. The van der Waals surface area contributed by atoms with Gasteiger partial charge in [0.05, 0.1) is 6.61 Å². The van der Waals surface area contributed by atoms with E-state index in [0.717, 1.165) is 0 Å². The number of methoxy groups -OCH3 is 1. The zero-order valence-corrected chi connectivity index (χ0v) is 7.20. The normalized spacial score (nSPS) is 20.4. The molecule has 0 aromatic rings. The van der Waals surface area contributed by atoms with Gasteiger partial charge in [0.1, 0.15) is 24.4 Å². The van der Waals surface area contributed by atoms with Crippen LogP contribution in [-0.2, 0) is 9.53 Å². The van der Waals surface area contributed by atoms with Crippen LogP contribution in [0.3, 0.4) is 0 Å². The van der Waals surface area contributed by atoms with Gasteiger partial charge in [0.2, 0.25) is 0 Å². The average molecular weight is 194 g/mol. The molecule has 0 aromatic carbocycles. The molecule has 0 fully saturated rings. The molecule has 0 aromatic heterocycles. The lowest BCUT2D eigenvalue weighted by atomic mass is 10.0. The molecule has 0 rings (SSSR count). The van der Waals surface area contributed by atoms with E-state index in [-0.39, 0.29) is 6.29 Å². The SMILES string of the molecule is CO[C@@H]([C@H](O)C(O)CO)[C@@H](O)C=O. The lowest BCUT2D eigenvalue weighted by Crippen LogP contribution is -2.47. The fourth-order valence-electron chi connectivity index (χ4n) is 0.885. The van der Waals surface area contributed by atoms with Gasteiger partial charge in [-0.05, 0) is 0 Å². The van der Waals surface area contributed by atoms with Crippen molar-refractivity contribution in [2.24, 2.45) is 0 Å². The Bertz CT molecular complexity index is 150. The van der Waals surface area contributed by atoms with Gasteiger partial charge < -0.3 is 30.0 Å². The molecule has 0 heterocycles. The number of aliphatic hydroxyl groups is 4. The van der Waals surface area contributed by atoms with Crippen molar-refractivity contribution in [2.45, 2.75) is 24.4 Å². The quantitative estimate of drug-likeness (QED) is 0.342. The molecule has 0 radical (unpaired) electrons. The van der Waals surface area contributed by atoms with E-state index in [4.69, 9.17) is 15.3 Å². The summed E-state index contributed by atoms with van der Waals surface area (Å²) in [7, 11) is 1.17. The number of ether oxygens (including phenoxy) is 1. The highest BCUT2D eigenvalue weighted by atomic mass is 16.5. The van der Waals surface area contributed by atoms with Crippen LogP contribution in [0.5, 0.6) is 0 Å². The van der Waals surface area contributed by atoms with Crippen LogP contribution in [0.2, 0.25) is 0 Å². The van der Waals surface area contributed by atoms with E-state index >= 15 is 0 Å². The largest absolute Gasteiger partial charge is 0.394 e. The van der Waals surface area contributed by atoms with Crippen LogP contribution in [0.15, 0.2) is 0 Å². The highest BCUT2D eigenvalue weighted by molar-refractivity contribution is 5.56. The topological polar surface area (TPSA) is 107 Å². The predicted molar refractivity (Wildman–Crippen MR) is 42.0 cm³/mol. The van der Waals surface area contributed by atoms with Gasteiger partial charge in [0.25, 0.3) is 0 Å². The van der Waals surface area contributed by atoms with E-state index in [1.54, 1.807) is 0 Å². The zero-order valence-electron chi connectivity index (χ0n) is 7.20. The Hall–Kier alpha value is -0.530.